The Morgan fingerprint density at radius 1 is 0.881 bits per heavy atom. The highest BCUT2D eigenvalue weighted by Crippen LogP contribution is 2.26. The standard InChI is InChI=1S/C33H40FN3O5/c1-22(37(7)32(41)42-33(2,3)4)19-35(5)20-23-10-8-11-25(16-23)28-17-24(14-15-29(28)34)21-36(6)30(38)26-12-9-13-27(18-26)31(39)40/h8-18,22H,19-21H2,1-7H3,(H,39,40). The van der Waals surface area contributed by atoms with Gasteiger partial charge in [-0.1, -0.05) is 30.3 Å². The van der Waals surface area contributed by atoms with Gasteiger partial charge in [0.2, 0.25) is 0 Å². The summed E-state index contributed by atoms with van der Waals surface area (Å²) in [7, 11) is 5.31. The number of hydrogen-bond acceptors (Lipinski definition) is 5. The quantitative estimate of drug-likeness (QED) is 0.311. The van der Waals surface area contributed by atoms with Gasteiger partial charge < -0.3 is 24.5 Å². The largest absolute Gasteiger partial charge is 0.478 e. The lowest BCUT2D eigenvalue weighted by Gasteiger charge is -2.31. The molecule has 0 saturated heterocycles. The third-order valence-corrected chi connectivity index (χ3v) is 6.76. The predicted octanol–water partition coefficient (Wildman–Crippen LogP) is 6.15. The van der Waals surface area contributed by atoms with Gasteiger partial charge in [-0.15, -0.1) is 0 Å². The maximum Gasteiger partial charge on any atom is 0.410 e. The first-order valence-electron chi connectivity index (χ1n) is 13.8. The Morgan fingerprint density at radius 3 is 2.19 bits per heavy atom. The van der Waals surface area contributed by atoms with E-state index < -0.39 is 11.6 Å². The van der Waals surface area contributed by atoms with Gasteiger partial charge in [-0.3, -0.25) is 4.79 Å². The van der Waals surface area contributed by atoms with E-state index in [0.717, 1.165) is 11.1 Å². The molecule has 9 heteroatoms. The maximum atomic E-state index is 15.0. The number of halogens is 1. The van der Waals surface area contributed by atoms with Gasteiger partial charge in [0.15, 0.2) is 0 Å². The number of carbonyl (C=O) groups excluding carboxylic acids is 2. The van der Waals surface area contributed by atoms with E-state index in [1.54, 1.807) is 37.2 Å². The van der Waals surface area contributed by atoms with E-state index in [1.807, 2.05) is 59.0 Å². The number of nitrogens with zero attached hydrogens (tertiary/aromatic N) is 3. The summed E-state index contributed by atoms with van der Waals surface area (Å²) in [5, 5.41) is 9.23. The van der Waals surface area contributed by atoms with E-state index in [0.29, 0.717) is 24.2 Å². The number of carboxylic acids is 1. The summed E-state index contributed by atoms with van der Waals surface area (Å²) in [6.45, 7) is 8.89. The van der Waals surface area contributed by atoms with Crippen molar-refractivity contribution in [1.82, 2.24) is 14.7 Å². The molecular formula is C33H40FN3O5. The minimum atomic E-state index is -1.11. The van der Waals surface area contributed by atoms with Crippen LogP contribution >= 0.6 is 0 Å². The maximum absolute atomic E-state index is 15.0. The van der Waals surface area contributed by atoms with Crippen LogP contribution in [0.15, 0.2) is 66.7 Å². The highest BCUT2D eigenvalue weighted by molar-refractivity contribution is 5.97. The molecule has 0 aromatic heterocycles. The molecule has 42 heavy (non-hydrogen) atoms. The molecule has 1 unspecified atom stereocenters. The molecule has 0 aliphatic rings. The Labute approximate surface area is 247 Å². The van der Waals surface area contributed by atoms with Gasteiger partial charge in [-0.25, -0.2) is 14.0 Å². The average Bonchev–Trinajstić information content (AvgIpc) is 2.92. The Hall–Kier alpha value is -4.24. The second-order valence-electron chi connectivity index (χ2n) is 11.7. The van der Waals surface area contributed by atoms with Crippen LogP contribution in [0.2, 0.25) is 0 Å². The van der Waals surface area contributed by atoms with Crippen LogP contribution in [-0.4, -0.2) is 77.1 Å². The topological polar surface area (TPSA) is 90.4 Å². The van der Waals surface area contributed by atoms with Crippen LogP contribution in [0.5, 0.6) is 0 Å². The SMILES string of the molecule is CC(CN(C)Cc1cccc(-c2cc(CN(C)C(=O)c3cccc(C(=O)O)c3)ccc2F)c1)N(C)C(=O)OC(C)(C)C. The first-order chi connectivity index (χ1) is 19.6. The zero-order chi connectivity index (χ0) is 31.2. The van der Waals surface area contributed by atoms with E-state index in [1.165, 1.54) is 29.2 Å². The van der Waals surface area contributed by atoms with Crippen LogP contribution in [0.25, 0.3) is 11.1 Å². The van der Waals surface area contributed by atoms with E-state index in [4.69, 9.17) is 4.74 Å². The molecule has 8 nitrogen and oxygen atoms in total. The minimum Gasteiger partial charge on any atom is -0.478 e. The highest BCUT2D eigenvalue weighted by atomic mass is 19.1. The molecule has 1 N–H and O–H groups in total. The van der Waals surface area contributed by atoms with Crippen LogP contribution in [-0.2, 0) is 17.8 Å². The lowest BCUT2D eigenvalue weighted by molar-refractivity contribution is 0.0209. The Morgan fingerprint density at radius 2 is 1.52 bits per heavy atom. The summed E-state index contributed by atoms with van der Waals surface area (Å²) in [5.74, 6) is -1.81. The molecule has 0 radical (unpaired) electrons. The van der Waals surface area contributed by atoms with Gasteiger partial charge in [-0.05, 0) is 87.8 Å². The molecule has 0 heterocycles. The van der Waals surface area contributed by atoms with E-state index in [2.05, 4.69) is 4.90 Å². The number of ether oxygens (including phenoxy) is 1. The van der Waals surface area contributed by atoms with E-state index >= 15 is 0 Å². The monoisotopic (exact) mass is 577 g/mol. The fourth-order valence-electron chi connectivity index (χ4n) is 4.54. The molecule has 0 fully saturated rings. The van der Waals surface area contributed by atoms with Crippen molar-refractivity contribution in [3.05, 3.63) is 94.8 Å². The average molecular weight is 578 g/mol. The molecule has 1 atom stereocenters. The third kappa shape index (κ3) is 8.88. The van der Waals surface area contributed by atoms with Gasteiger partial charge in [0, 0.05) is 50.9 Å². The Balaban J connectivity index is 1.70. The van der Waals surface area contributed by atoms with E-state index in [9.17, 15) is 23.9 Å². The molecule has 2 amide bonds. The fraction of sp³-hybridized carbons (Fsp3) is 0.364. The molecular weight excluding hydrogens is 537 g/mol. The van der Waals surface area contributed by atoms with Crippen molar-refractivity contribution in [1.29, 1.82) is 0 Å². The van der Waals surface area contributed by atoms with Crippen molar-refractivity contribution < 1.29 is 28.6 Å². The predicted molar refractivity (Wildman–Crippen MR) is 161 cm³/mol. The highest BCUT2D eigenvalue weighted by Gasteiger charge is 2.24. The first kappa shape index (κ1) is 32.3. The number of carbonyl (C=O) groups is 3. The van der Waals surface area contributed by atoms with Gasteiger partial charge in [0.05, 0.1) is 5.56 Å². The van der Waals surface area contributed by atoms with Gasteiger partial charge in [0.1, 0.15) is 11.4 Å². The number of benzene rings is 3. The molecule has 3 aromatic carbocycles. The lowest BCUT2D eigenvalue weighted by atomic mass is 10.00. The first-order valence-corrected chi connectivity index (χ1v) is 13.8. The van der Waals surface area contributed by atoms with Gasteiger partial charge >= 0.3 is 12.1 Å². The number of rotatable bonds is 10. The smallest absolute Gasteiger partial charge is 0.410 e. The lowest BCUT2D eigenvalue weighted by Crippen LogP contribution is -2.44. The number of aromatic carboxylic acids is 1. The Bertz CT molecular complexity index is 1440. The van der Waals surface area contributed by atoms with Gasteiger partial charge in [0.25, 0.3) is 5.91 Å². The number of likely N-dealkylation sites (N-methyl/N-ethyl adjacent to an activating group) is 2. The van der Waals surface area contributed by atoms with Crippen LogP contribution in [0.4, 0.5) is 9.18 Å². The summed E-state index contributed by atoms with van der Waals surface area (Å²) in [6.07, 6.45) is -0.373. The normalized spacial score (nSPS) is 12.1. The summed E-state index contributed by atoms with van der Waals surface area (Å²) in [5.41, 5.74) is 2.58. The fourth-order valence-corrected chi connectivity index (χ4v) is 4.54. The van der Waals surface area contributed by atoms with E-state index in [-0.39, 0.29) is 41.5 Å². The van der Waals surface area contributed by atoms with Crippen LogP contribution in [0, 0.1) is 5.82 Å². The molecule has 0 bridgehead atoms. The van der Waals surface area contributed by atoms with Crippen molar-refractivity contribution in [3.63, 3.8) is 0 Å². The molecule has 0 saturated carbocycles. The zero-order valence-electron chi connectivity index (χ0n) is 25.3. The summed E-state index contributed by atoms with van der Waals surface area (Å²) >= 11 is 0. The minimum absolute atomic E-state index is 0.0355. The second kappa shape index (κ2) is 13.6. The molecule has 0 spiro atoms. The number of carboxylic acid groups (broad SMARTS) is 1. The van der Waals surface area contributed by atoms with Crippen LogP contribution in [0.1, 0.15) is 59.5 Å². The van der Waals surface area contributed by atoms with Crippen molar-refractivity contribution in [3.8, 4) is 11.1 Å². The molecule has 0 aliphatic carbocycles. The van der Waals surface area contributed by atoms with Crippen LogP contribution < -0.4 is 0 Å². The Kier molecular flexibility index (Phi) is 10.5. The molecule has 0 aliphatic heterocycles. The van der Waals surface area contributed by atoms with Gasteiger partial charge in [-0.2, -0.15) is 0 Å². The summed E-state index contributed by atoms with van der Waals surface area (Å²) in [4.78, 5) is 41.8. The van der Waals surface area contributed by atoms with Crippen LogP contribution in [0.3, 0.4) is 0 Å². The molecule has 224 valence electrons. The molecule has 3 aromatic rings. The third-order valence-electron chi connectivity index (χ3n) is 6.76. The zero-order valence-corrected chi connectivity index (χ0v) is 25.3. The summed E-state index contributed by atoms with van der Waals surface area (Å²) in [6, 6.07) is 18.2. The second-order valence-corrected chi connectivity index (χ2v) is 11.7. The summed E-state index contributed by atoms with van der Waals surface area (Å²) < 4.78 is 20.5. The number of amides is 2. The van der Waals surface area contributed by atoms with Crippen molar-refractivity contribution in [2.75, 3.05) is 27.7 Å². The number of hydrogen-bond donors (Lipinski definition) is 1. The molecule has 3 rings (SSSR count). The van der Waals surface area contributed by atoms with Crippen molar-refractivity contribution in [2.45, 2.75) is 52.4 Å². The van der Waals surface area contributed by atoms with Crippen molar-refractivity contribution >= 4 is 18.0 Å². The van der Waals surface area contributed by atoms with Crippen molar-refractivity contribution in [2.24, 2.45) is 0 Å².